The lowest BCUT2D eigenvalue weighted by Gasteiger charge is -2.21. The number of hydrogen-bond donors (Lipinski definition) is 2. The van der Waals surface area contributed by atoms with E-state index in [0.717, 1.165) is 12.8 Å². The van der Waals surface area contributed by atoms with Crippen LogP contribution in [0.3, 0.4) is 0 Å². The van der Waals surface area contributed by atoms with E-state index in [9.17, 15) is 4.79 Å². The first-order chi connectivity index (χ1) is 9.78. The Morgan fingerprint density at radius 3 is 2.80 bits per heavy atom. The molecule has 2 aromatic heterocycles. The molecule has 6 nitrogen and oxygen atoms in total. The highest BCUT2D eigenvalue weighted by Crippen LogP contribution is 2.30. The summed E-state index contributed by atoms with van der Waals surface area (Å²) in [5.41, 5.74) is 2.75. The molecule has 0 aromatic carbocycles. The summed E-state index contributed by atoms with van der Waals surface area (Å²) in [5.74, 6) is 5.61. The fourth-order valence-electron chi connectivity index (χ4n) is 1.99. The highest BCUT2D eigenvalue weighted by Gasteiger charge is 2.33. The number of anilines is 1. The van der Waals surface area contributed by atoms with Gasteiger partial charge < -0.3 is 10.3 Å². The van der Waals surface area contributed by atoms with E-state index < -0.39 is 0 Å². The number of hydrogen-bond acceptors (Lipinski definition) is 6. The van der Waals surface area contributed by atoms with Crippen molar-refractivity contribution in [2.24, 2.45) is 5.84 Å². The summed E-state index contributed by atoms with van der Waals surface area (Å²) < 4.78 is 0. The lowest BCUT2D eigenvalue weighted by atomic mass is 10.3. The molecule has 0 spiro atoms. The monoisotopic (exact) mass is 289 g/mol. The number of nitrogen functional groups attached to an aromatic ring is 1. The summed E-state index contributed by atoms with van der Waals surface area (Å²) in [7, 11) is 0. The maximum absolute atomic E-state index is 12.5. The quantitative estimate of drug-likeness (QED) is 0.645. The van der Waals surface area contributed by atoms with Crippen LogP contribution in [-0.4, -0.2) is 27.0 Å². The lowest BCUT2D eigenvalue weighted by Crippen LogP contribution is -2.33. The number of aromatic nitrogens is 2. The fourth-order valence-corrected chi connectivity index (χ4v) is 2.70. The van der Waals surface area contributed by atoms with Crippen LogP contribution in [0.25, 0.3) is 0 Å². The van der Waals surface area contributed by atoms with Gasteiger partial charge in [-0.15, -0.1) is 21.5 Å². The molecule has 0 bridgehead atoms. The summed E-state index contributed by atoms with van der Waals surface area (Å²) >= 11 is 1.66. The average Bonchev–Trinajstić information content (AvgIpc) is 3.21. The predicted octanol–water partition coefficient (Wildman–Crippen LogP) is 1.63. The first kappa shape index (κ1) is 13.0. The Balaban J connectivity index is 1.77. The van der Waals surface area contributed by atoms with Crippen molar-refractivity contribution in [1.29, 1.82) is 0 Å². The summed E-state index contributed by atoms with van der Waals surface area (Å²) in [4.78, 5) is 15.6. The minimum absolute atomic E-state index is 0.0722. The van der Waals surface area contributed by atoms with Gasteiger partial charge >= 0.3 is 0 Å². The van der Waals surface area contributed by atoms with E-state index in [1.54, 1.807) is 23.5 Å². The van der Waals surface area contributed by atoms with Crippen molar-refractivity contribution in [3.05, 3.63) is 40.2 Å². The lowest BCUT2D eigenvalue weighted by molar-refractivity contribution is 0.0724. The van der Waals surface area contributed by atoms with E-state index in [2.05, 4.69) is 15.6 Å². The van der Waals surface area contributed by atoms with Crippen LogP contribution in [0, 0.1) is 0 Å². The van der Waals surface area contributed by atoms with Crippen molar-refractivity contribution in [2.45, 2.75) is 25.4 Å². The third kappa shape index (κ3) is 2.78. The van der Waals surface area contributed by atoms with Gasteiger partial charge in [-0.1, -0.05) is 6.07 Å². The maximum Gasteiger partial charge on any atom is 0.274 e. The first-order valence-electron chi connectivity index (χ1n) is 6.41. The zero-order chi connectivity index (χ0) is 13.9. The summed E-state index contributed by atoms with van der Waals surface area (Å²) in [5, 5.41) is 9.80. The molecule has 104 valence electrons. The molecule has 3 N–H and O–H groups in total. The van der Waals surface area contributed by atoms with E-state index in [4.69, 9.17) is 5.84 Å². The highest BCUT2D eigenvalue weighted by molar-refractivity contribution is 7.09. The molecule has 3 rings (SSSR count). The number of nitrogens with one attached hydrogen (secondary N) is 1. The van der Waals surface area contributed by atoms with Crippen molar-refractivity contribution in [2.75, 3.05) is 5.43 Å². The minimum Gasteiger partial charge on any atom is -0.329 e. The van der Waals surface area contributed by atoms with E-state index in [-0.39, 0.29) is 5.91 Å². The molecule has 0 atom stereocenters. The predicted molar refractivity (Wildman–Crippen MR) is 77.1 cm³/mol. The molecular weight excluding hydrogens is 274 g/mol. The number of carbonyl (C=O) groups excluding carboxylic acids is 1. The van der Waals surface area contributed by atoms with Crippen molar-refractivity contribution in [1.82, 2.24) is 15.1 Å². The van der Waals surface area contributed by atoms with Gasteiger partial charge in [-0.05, 0) is 36.4 Å². The number of nitrogens with zero attached hydrogens (tertiary/aromatic N) is 3. The van der Waals surface area contributed by atoms with Gasteiger partial charge in [0.2, 0.25) is 0 Å². The Morgan fingerprint density at radius 1 is 1.40 bits per heavy atom. The van der Waals surface area contributed by atoms with Crippen LogP contribution in [0.2, 0.25) is 0 Å². The van der Waals surface area contributed by atoms with Crippen molar-refractivity contribution < 1.29 is 4.79 Å². The van der Waals surface area contributed by atoms with E-state index in [1.807, 2.05) is 22.4 Å². The fraction of sp³-hybridized carbons (Fsp3) is 0.308. The van der Waals surface area contributed by atoms with E-state index >= 15 is 0 Å². The second kappa shape index (κ2) is 5.56. The molecule has 1 aliphatic rings. The van der Waals surface area contributed by atoms with Gasteiger partial charge in [0.1, 0.15) is 0 Å². The number of rotatable bonds is 5. The topological polar surface area (TPSA) is 84.1 Å². The van der Waals surface area contributed by atoms with Gasteiger partial charge in [0.15, 0.2) is 11.5 Å². The highest BCUT2D eigenvalue weighted by atomic mass is 32.1. The second-order valence-corrected chi connectivity index (χ2v) is 5.72. The molecule has 0 aliphatic heterocycles. The molecule has 2 aromatic rings. The normalized spacial score (nSPS) is 14.1. The Morgan fingerprint density at radius 2 is 2.25 bits per heavy atom. The smallest absolute Gasteiger partial charge is 0.274 e. The van der Waals surface area contributed by atoms with Crippen LogP contribution in [0.1, 0.15) is 28.2 Å². The molecular formula is C13H15N5OS. The van der Waals surface area contributed by atoms with Gasteiger partial charge in [0, 0.05) is 10.9 Å². The summed E-state index contributed by atoms with van der Waals surface area (Å²) in [6.07, 6.45) is 2.12. The van der Waals surface area contributed by atoms with Crippen molar-refractivity contribution in [3.8, 4) is 0 Å². The molecule has 1 saturated carbocycles. The summed E-state index contributed by atoms with van der Waals surface area (Å²) in [6.45, 7) is 0.639. The van der Waals surface area contributed by atoms with Gasteiger partial charge in [0.25, 0.3) is 5.91 Å². The Labute approximate surface area is 120 Å². The zero-order valence-corrected chi connectivity index (χ0v) is 11.6. The summed E-state index contributed by atoms with van der Waals surface area (Å²) in [6, 6.07) is 7.67. The van der Waals surface area contributed by atoms with Gasteiger partial charge in [-0.3, -0.25) is 4.79 Å². The largest absolute Gasteiger partial charge is 0.329 e. The zero-order valence-electron chi connectivity index (χ0n) is 10.8. The number of amides is 1. The number of nitrogens with two attached hydrogens (primary N) is 1. The molecule has 20 heavy (non-hydrogen) atoms. The number of carbonyl (C=O) groups is 1. The molecule has 2 heterocycles. The van der Waals surface area contributed by atoms with Crippen LogP contribution >= 0.6 is 11.3 Å². The molecule has 1 fully saturated rings. The number of thiophene rings is 1. The number of hydrazine groups is 1. The molecule has 0 saturated heterocycles. The standard InChI is InChI=1S/C13H15N5OS/c14-15-12-6-5-11(16-17-12)13(19)18(9-3-4-9)8-10-2-1-7-20-10/h1-2,5-7,9H,3-4,8,14H2,(H,15,17). The molecule has 7 heteroatoms. The van der Waals surface area contributed by atoms with Crippen molar-refractivity contribution in [3.63, 3.8) is 0 Å². The average molecular weight is 289 g/mol. The van der Waals surface area contributed by atoms with Gasteiger partial charge in [0.05, 0.1) is 6.54 Å². The second-order valence-electron chi connectivity index (χ2n) is 4.69. The maximum atomic E-state index is 12.5. The molecule has 1 amide bonds. The van der Waals surface area contributed by atoms with E-state index in [0.29, 0.717) is 24.1 Å². The first-order valence-corrected chi connectivity index (χ1v) is 7.29. The van der Waals surface area contributed by atoms with Crippen LogP contribution < -0.4 is 11.3 Å². The van der Waals surface area contributed by atoms with Gasteiger partial charge in [-0.2, -0.15) is 0 Å². The Kier molecular flexibility index (Phi) is 3.62. The molecule has 0 radical (unpaired) electrons. The van der Waals surface area contributed by atoms with Gasteiger partial charge in [-0.25, -0.2) is 5.84 Å². The Bertz CT molecular complexity index is 579. The van der Waals surface area contributed by atoms with Crippen LogP contribution in [-0.2, 0) is 6.54 Å². The minimum atomic E-state index is -0.0722. The van der Waals surface area contributed by atoms with Crippen molar-refractivity contribution >= 4 is 23.1 Å². The molecule has 1 aliphatic carbocycles. The van der Waals surface area contributed by atoms with Crippen LogP contribution in [0.4, 0.5) is 5.82 Å². The van der Waals surface area contributed by atoms with Crippen LogP contribution in [0.15, 0.2) is 29.6 Å². The Hall–Kier alpha value is -1.99. The van der Waals surface area contributed by atoms with Crippen LogP contribution in [0.5, 0.6) is 0 Å². The third-order valence-electron chi connectivity index (χ3n) is 3.19. The molecule has 0 unspecified atom stereocenters. The third-order valence-corrected chi connectivity index (χ3v) is 4.05. The van der Waals surface area contributed by atoms with E-state index in [1.165, 1.54) is 4.88 Å². The SMILES string of the molecule is NNc1ccc(C(=O)N(Cc2cccs2)C2CC2)nn1.